The monoisotopic (exact) mass is 276 g/mol. The van der Waals surface area contributed by atoms with E-state index in [0.717, 1.165) is 4.90 Å². The number of nitrogens with two attached hydrogens (primary N) is 1. The maximum absolute atomic E-state index is 12.4. The number of alkyl halides is 3. The molecule has 1 aromatic heterocycles. The Morgan fingerprint density at radius 3 is 2.11 bits per heavy atom. The molecule has 0 bridgehead atoms. The zero-order chi connectivity index (χ0) is 15.0. The van der Waals surface area contributed by atoms with Crippen molar-refractivity contribution in [2.45, 2.75) is 39.3 Å². The van der Waals surface area contributed by atoms with Crippen LogP contribution in [0.3, 0.4) is 0 Å². The summed E-state index contributed by atoms with van der Waals surface area (Å²) in [4.78, 5) is 9.41. The number of aromatic nitrogens is 2. The summed E-state index contributed by atoms with van der Waals surface area (Å²) >= 11 is 0. The van der Waals surface area contributed by atoms with Crippen molar-refractivity contribution < 1.29 is 13.2 Å². The quantitative estimate of drug-likeness (QED) is 0.902. The van der Waals surface area contributed by atoms with Gasteiger partial charge >= 0.3 is 6.18 Å². The fourth-order valence-electron chi connectivity index (χ4n) is 1.57. The summed E-state index contributed by atoms with van der Waals surface area (Å²) in [6.45, 7) is 6.18. The zero-order valence-electron chi connectivity index (χ0n) is 11.8. The van der Waals surface area contributed by atoms with Gasteiger partial charge in [0.05, 0.1) is 0 Å². The van der Waals surface area contributed by atoms with Crippen LogP contribution in [0.5, 0.6) is 0 Å². The van der Waals surface area contributed by atoms with Crippen LogP contribution in [-0.4, -0.2) is 29.7 Å². The second kappa shape index (κ2) is 4.86. The smallest absolute Gasteiger partial charge is 0.383 e. The molecule has 4 nitrogen and oxygen atoms in total. The van der Waals surface area contributed by atoms with Crippen LogP contribution in [0.4, 0.5) is 24.8 Å². The third kappa shape index (κ3) is 3.97. The largest absolute Gasteiger partial charge is 0.405 e. The number of halogens is 3. The Hall–Kier alpha value is -1.53. The van der Waals surface area contributed by atoms with Crippen LogP contribution in [0.15, 0.2) is 0 Å². The van der Waals surface area contributed by atoms with E-state index in [1.165, 1.54) is 7.05 Å². The lowest BCUT2D eigenvalue weighted by Gasteiger charge is -2.25. The highest BCUT2D eigenvalue weighted by molar-refractivity contribution is 5.56. The standard InChI is InChI=1S/C12H19F3N4/c1-7-8(16)17-10(11(2,3)4)18-9(7)19(5)6-12(13,14)15/h6H2,1-5H3,(H2,16,17,18). The van der Waals surface area contributed by atoms with Crippen molar-refractivity contribution in [1.82, 2.24) is 9.97 Å². The molecule has 0 saturated carbocycles. The van der Waals surface area contributed by atoms with E-state index in [9.17, 15) is 13.2 Å². The van der Waals surface area contributed by atoms with Gasteiger partial charge in [-0.25, -0.2) is 9.97 Å². The van der Waals surface area contributed by atoms with E-state index in [0.29, 0.717) is 11.4 Å². The lowest BCUT2D eigenvalue weighted by atomic mass is 9.95. The molecule has 1 aromatic rings. The Bertz CT molecular complexity index is 463. The first-order valence-electron chi connectivity index (χ1n) is 5.84. The normalized spacial score (nSPS) is 12.6. The van der Waals surface area contributed by atoms with Crippen molar-refractivity contribution in [3.8, 4) is 0 Å². The van der Waals surface area contributed by atoms with E-state index in [4.69, 9.17) is 5.73 Å². The molecule has 1 rings (SSSR count). The molecule has 2 N–H and O–H groups in total. The summed E-state index contributed by atoms with van der Waals surface area (Å²) in [6.07, 6.45) is -4.29. The molecule has 0 atom stereocenters. The van der Waals surface area contributed by atoms with Gasteiger partial charge in [-0.3, -0.25) is 0 Å². The number of anilines is 2. The van der Waals surface area contributed by atoms with E-state index in [2.05, 4.69) is 9.97 Å². The SMILES string of the molecule is Cc1c(N)nc(C(C)(C)C)nc1N(C)CC(F)(F)F. The van der Waals surface area contributed by atoms with Gasteiger partial charge in [0.15, 0.2) is 0 Å². The van der Waals surface area contributed by atoms with Gasteiger partial charge in [0.1, 0.15) is 24.0 Å². The van der Waals surface area contributed by atoms with Gasteiger partial charge in [-0.05, 0) is 6.92 Å². The summed E-state index contributed by atoms with van der Waals surface area (Å²) in [5.41, 5.74) is 5.84. The molecule has 0 radical (unpaired) electrons. The maximum atomic E-state index is 12.4. The van der Waals surface area contributed by atoms with E-state index >= 15 is 0 Å². The predicted molar refractivity (Wildman–Crippen MR) is 69.2 cm³/mol. The van der Waals surface area contributed by atoms with Crippen LogP contribution >= 0.6 is 0 Å². The molecule has 1 heterocycles. The molecule has 0 amide bonds. The average molecular weight is 276 g/mol. The Balaban J connectivity index is 3.23. The molecule has 0 saturated heterocycles. The van der Waals surface area contributed by atoms with Gasteiger partial charge in [-0.1, -0.05) is 20.8 Å². The van der Waals surface area contributed by atoms with Crippen LogP contribution < -0.4 is 10.6 Å². The first-order chi connectivity index (χ1) is 8.42. The second-order valence-corrected chi connectivity index (χ2v) is 5.60. The first kappa shape index (κ1) is 15.5. The highest BCUT2D eigenvalue weighted by atomic mass is 19.4. The summed E-state index contributed by atoms with van der Waals surface area (Å²) in [5.74, 6) is 0.860. The van der Waals surface area contributed by atoms with Crippen molar-refractivity contribution in [1.29, 1.82) is 0 Å². The Kier molecular flexibility index (Phi) is 3.97. The molecule has 0 spiro atoms. The number of nitrogens with zero attached hydrogens (tertiary/aromatic N) is 3. The topological polar surface area (TPSA) is 55.0 Å². The van der Waals surface area contributed by atoms with E-state index < -0.39 is 12.7 Å². The molecule has 0 aliphatic rings. The highest BCUT2D eigenvalue weighted by Gasteiger charge is 2.31. The lowest BCUT2D eigenvalue weighted by Crippen LogP contribution is -2.33. The summed E-state index contributed by atoms with van der Waals surface area (Å²) in [5, 5.41) is 0. The predicted octanol–water partition coefficient (Wildman–Crippen LogP) is 2.66. The fraction of sp³-hybridized carbons (Fsp3) is 0.667. The van der Waals surface area contributed by atoms with Crippen molar-refractivity contribution in [2.75, 3.05) is 24.2 Å². The first-order valence-corrected chi connectivity index (χ1v) is 5.84. The molecular formula is C12H19F3N4. The lowest BCUT2D eigenvalue weighted by molar-refractivity contribution is -0.119. The average Bonchev–Trinajstić information content (AvgIpc) is 2.17. The summed E-state index contributed by atoms with van der Waals surface area (Å²) < 4.78 is 37.3. The molecule has 7 heteroatoms. The molecule has 0 unspecified atom stereocenters. The third-order valence-electron chi connectivity index (χ3n) is 2.61. The van der Waals surface area contributed by atoms with Gasteiger partial charge in [-0.15, -0.1) is 0 Å². The summed E-state index contributed by atoms with van der Waals surface area (Å²) in [6, 6.07) is 0. The van der Waals surface area contributed by atoms with Crippen molar-refractivity contribution >= 4 is 11.6 Å². The minimum atomic E-state index is -4.29. The summed E-state index contributed by atoms with van der Waals surface area (Å²) in [7, 11) is 1.34. The van der Waals surface area contributed by atoms with Crippen molar-refractivity contribution in [3.05, 3.63) is 11.4 Å². The fourth-order valence-corrected chi connectivity index (χ4v) is 1.57. The number of nitrogen functional groups attached to an aromatic ring is 1. The Morgan fingerprint density at radius 1 is 1.16 bits per heavy atom. The van der Waals surface area contributed by atoms with Crippen molar-refractivity contribution in [3.63, 3.8) is 0 Å². The Morgan fingerprint density at radius 2 is 1.68 bits per heavy atom. The second-order valence-electron chi connectivity index (χ2n) is 5.60. The third-order valence-corrected chi connectivity index (χ3v) is 2.61. The van der Waals surface area contributed by atoms with Gasteiger partial charge in [0.2, 0.25) is 0 Å². The minimum absolute atomic E-state index is 0.212. The molecule has 0 fully saturated rings. The number of hydrogen-bond acceptors (Lipinski definition) is 4. The number of hydrogen-bond donors (Lipinski definition) is 1. The van der Waals surface area contributed by atoms with Gasteiger partial charge in [0, 0.05) is 18.0 Å². The minimum Gasteiger partial charge on any atom is -0.383 e. The highest BCUT2D eigenvalue weighted by Crippen LogP contribution is 2.28. The molecule has 0 aromatic carbocycles. The van der Waals surface area contributed by atoms with Crippen LogP contribution in [0.1, 0.15) is 32.2 Å². The molecule has 0 aliphatic carbocycles. The van der Waals surface area contributed by atoms with E-state index in [1.807, 2.05) is 20.8 Å². The van der Waals surface area contributed by atoms with Gasteiger partial charge < -0.3 is 10.6 Å². The van der Waals surface area contributed by atoms with Gasteiger partial charge in [-0.2, -0.15) is 13.2 Å². The van der Waals surface area contributed by atoms with E-state index in [-0.39, 0.29) is 17.1 Å². The number of rotatable bonds is 2. The molecule has 19 heavy (non-hydrogen) atoms. The van der Waals surface area contributed by atoms with Crippen molar-refractivity contribution in [2.24, 2.45) is 0 Å². The molecule has 108 valence electrons. The van der Waals surface area contributed by atoms with Crippen LogP contribution in [0.2, 0.25) is 0 Å². The Labute approximate surface area is 110 Å². The molecular weight excluding hydrogens is 257 g/mol. The van der Waals surface area contributed by atoms with Crippen LogP contribution in [0.25, 0.3) is 0 Å². The van der Waals surface area contributed by atoms with Gasteiger partial charge in [0.25, 0.3) is 0 Å². The molecule has 0 aliphatic heterocycles. The van der Waals surface area contributed by atoms with Crippen LogP contribution in [0, 0.1) is 6.92 Å². The van der Waals surface area contributed by atoms with E-state index in [1.54, 1.807) is 6.92 Å². The zero-order valence-corrected chi connectivity index (χ0v) is 11.8. The maximum Gasteiger partial charge on any atom is 0.405 e. The van der Waals surface area contributed by atoms with Crippen LogP contribution in [-0.2, 0) is 5.41 Å².